The quantitative estimate of drug-likeness (QED) is 0.841. The highest BCUT2D eigenvalue weighted by Gasteiger charge is 2.30. The van der Waals surface area contributed by atoms with E-state index >= 15 is 0 Å². The fourth-order valence-corrected chi connectivity index (χ4v) is 4.23. The van der Waals surface area contributed by atoms with E-state index < -0.39 is 15.7 Å². The number of aromatic amines is 1. The van der Waals surface area contributed by atoms with Gasteiger partial charge in [-0.15, -0.1) is 0 Å². The molecule has 0 aliphatic carbocycles. The summed E-state index contributed by atoms with van der Waals surface area (Å²) >= 11 is 0. The van der Waals surface area contributed by atoms with E-state index in [1.165, 1.54) is 18.2 Å². The average molecular weight is 309 g/mol. The molecule has 1 unspecified atom stereocenters. The van der Waals surface area contributed by atoms with Gasteiger partial charge in [0.2, 0.25) is 0 Å². The molecule has 0 spiro atoms. The first-order chi connectivity index (χ1) is 10.1. The second kappa shape index (κ2) is 5.57. The first-order valence-electron chi connectivity index (χ1n) is 6.79. The third-order valence-corrected chi connectivity index (χ3v) is 5.51. The molecule has 0 saturated heterocycles. The molecule has 2 N–H and O–H groups in total. The molecule has 5 nitrogen and oxygen atoms in total. The van der Waals surface area contributed by atoms with Crippen LogP contribution in [0.4, 0.5) is 4.39 Å². The topological polar surface area (TPSA) is 74.8 Å². The Bertz CT molecular complexity index is 729. The molecule has 1 aliphatic heterocycles. The van der Waals surface area contributed by atoms with Crippen molar-refractivity contribution in [3.8, 4) is 0 Å². The van der Waals surface area contributed by atoms with Crippen LogP contribution in [0.2, 0.25) is 0 Å². The number of nitrogens with zero attached hydrogens (tertiary/aromatic N) is 1. The highest BCUT2D eigenvalue weighted by Crippen LogP contribution is 2.32. The summed E-state index contributed by atoms with van der Waals surface area (Å²) in [6.45, 7) is 0.670. The molecular weight excluding hydrogens is 293 g/mol. The minimum Gasteiger partial charge on any atom is -0.348 e. The summed E-state index contributed by atoms with van der Waals surface area (Å²) in [4.78, 5) is 7.20. The molecule has 1 aliphatic rings. The number of halogens is 1. The number of sulfone groups is 1. The molecule has 0 amide bonds. The lowest BCUT2D eigenvalue weighted by molar-refractivity contribution is 0.489. The molecule has 0 bridgehead atoms. The van der Waals surface area contributed by atoms with Gasteiger partial charge in [0.05, 0.1) is 17.0 Å². The van der Waals surface area contributed by atoms with Gasteiger partial charge >= 0.3 is 0 Å². The Morgan fingerprint density at radius 2 is 2.29 bits per heavy atom. The van der Waals surface area contributed by atoms with Crippen LogP contribution in [0.1, 0.15) is 23.7 Å². The van der Waals surface area contributed by atoms with Crippen molar-refractivity contribution in [2.45, 2.75) is 23.8 Å². The number of hydrogen-bond acceptors (Lipinski definition) is 4. The lowest BCUT2D eigenvalue weighted by atomic mass is 10.0. The van der Waals surface area contributed by atoms with E-state index in [0.29, 0.717) is 18.5 Å². The number of H-pyrrole nitrogens is 1. The van der Waals surface area contributed by atoms with Crippen LogP contribution < -0.4 is 5.32 Å². The molecule has 0 fully saturated rings. The highest BCUT2D eigenvalue weighted by atomic mass is 32.2. The van der Waals surface area contributed by atoms with Crippen LogP contribution in [-0.2, 0) is 16.3 Å². The van der Waals surface area contributed by atoms with Gasteiger partial charge in [0.15, 0.2) is 9.84 Å². The average Bonchev–Trinajstić information content (AvgIpc) is 2.94. The van der Waals surface area contributed by atoms with Gasteiger partial charge in [-0.05, 0) is 30.2 Å². The molecule has 1 aromatic heterocycles. The monoisotopic (exact) mass is 309 g/mol. The van der Waals surface area contributed by atoms with E-state index in [0.717, 1.165) is 12.1 Å². The zero-order valence-corrected chi connectivity index (χ0v) is 12.2. The zero-order chi connectivity index (χ0) is 14.9. The van der Waals surface area contributed by atoms with Gasteiger partial charge < -0.3 is 10.3 Å². The van der Waals surface area contributed by atoms with Crippen molar-refractivity contribution < 1.29 is 12.8 Å². The molecule has 3 rings (SSSR count). The van der Waals surface area contributed by atoms with E-state index in [9.17, 15) is 12.8 Å². The predicted molar refractivity (Wildman–Crippen MR) is 76.1 cm³/mol. The van der Waals surface area contributed by atoms with Crippen LogP contribution >= 0.6 is 0 Å². The van der Waals surface area contributed by atoms with E-state index in [4.69, 9.17) is 0 Å². The summed E-state index contributed by atoms with van der Waals surface area (Å²) in [6.07, 6.45) is 4.59. The zero-order valence-electron chi connectivity index (χ0n) is 11.3. The molecule has 112 valence electrons. The van der Waals surface area contributed by atoms with Crippen molar-refractivity contribution in [1.82, 2.24) is 15.3 Å². The van der Waals surface area contributed by atoms with Crippen molar-refractivity contribution in [3.05, 3.63) is 47.8 Å². The maximum atomic E-state index is 13.4. The maximum Gasteiger partial charge on any atom is 0.178 e. The highest BCUT2D eigenvalue weighted by molar-refractivity contribution is 7.91. The molecule has 1 aromatic carbocycles. The summed E-state index contributed by atoms with van der Waals surface area (Å²) < 4.78 is 37.5. The third kappa shape index (κ3) is 2.98. The molecule has 1 atom stereocenters. The van der Waals surface area contributed by atoms with Gasteiger partial charge in [-0.2, -0.15) is 0 Å². The lowest BCUT2D eigenvalue weighted by Crippen LogP contribution is -2.31. The largest absolute Gasteiger partial charge is 0.348 e. The number of fused-ring (bicyclic) bond motifs is 1. The molecule has 2 aromatic rings. The SMILES string of the molecule is O=S1(=O)CCC(NCCc2cnc[nH]2)c2cc(F)ccc21. The smallest absolute Gasteiger partial charge is 0.178 e. The molecule has 0 saturated carbocycles. The van der Waals surface area contributed by atoms with Crippen molar-refractivity contribution in [1.29, 1.82) is 0 Å². The van der Waals surface area contributed by atoms with Crippen LogP contribution in [0.3, 0.4) is 0 Å². The van der Waals surface area contributed by atoms with Gasteiger partial charge in [-0.1, -0.05) is 0 Å². The summed E-state index contributed by atoms with van der Waals surface area (Å²) in [7, 11) is -3.28. The second-order valence-corrected chi connectivity index (χ2v) is 7.20. The lowest BCUT2D eigenvalue weighted by Gasteiger charge is -2.26. The van der Waals surface area contributed by atoms with Gasteiger partial charge in [0.1, 0.15) is 5.82 Å². The summed E-state index contributed by atoms with van der Waals surface area (Å²) in [5.74, 6) is -0.320. The Hall–Kier alpha value is -1.73. The fraction of sp³-hybridized carbons (Fsp3) is 0.357. The van der Waals surface area contributed by atoms with Crippen molar-refractivity contribution in [3.63, 3.8) is 0 Å². The first kappa shape index (κ1) is 14.2. The Kier molecular flexibility index (Phi) is 3.77. The second-order valence-electron chi connectivity index (χ2n) is 5.12. The van der Waals surface area contributed by atoms with Gasteiger partial charge in [-0.25, -0.2) is 17.8 Å². The van der Waals surface area contributed by atoms with Crippen molar-refractivity contribution in [2.24, 2.45) is 0 Å². The van der Waals surface area contributed by atoms with E-state index in [2.05, 4.69) is 15.3 Å². The molecule has 0 radical (unpaired) electrons. The number of benzene rings is 1. The number of aromatic nitrogens is 2. The Labute approximate surface area is 122 Å². The van der Waals surface area contributed by atoms with E-state index in [1.54, 1.807) is 12.5 Å². The number of rotatable bonds is 4. The number of hydrogen-bond donors (Lipinski definition) is 2. The van der Waals surface area contributed by atoms with Gasteiger partial charge in [-0.3, -0.25) is 0 Å². The van der Waals surface area contributed by atoms with Crippen LogP contribution in [-0.4, -0.2) is 30.7 Å². The van der Waals surface area contributed by atoms with Gasteiger partial charge in [0, 0.05) is 30.9 Å². The standard InChI is InChI=1S/C14H16FN3O2S/c15-10-1-2-14-12(7-10)13(4-6-21(14,19)20)17-5-3-11-8-16-9-18-11/h1-2,7-9,13,17H,3-6H2,(H,16,18). The fourth-order valence-electron chi connectivity index (χ4n) is 2.63. The molecular formula is C14H16FN3O2S. The molecule has 21 heavy (non-hydrogen) atoms. The van der Waals surface area contributed by atoms with Crippen LogP contribution in [0.25, 0.3) is 0 Å². The van der Waals surface area contributed by atoms with Crippen molar-refractivity contribution in [2.75, 3.05) is 12.3 Å². The van der Waals surface area contributed by atoms with Crippen LogP contribution in [0.15, 0.2) is 35.6 Å². The van der Waals surface area contributed by atoms with Gasteiger partial charge in [0.25, 0.3) is 0 Å². The summed E-state index contributed by atoms with van der Waals surface area (Å²) in [6, 6.07) is 3.74. The summed E-state index contributed by atoms with van der Waals surface area (Å²) in [5.41, 5.74) is 1.54. The minimum atomic E-state index is -3.28. The van der Waals surface area contributed by atoms with Crippen LogP contribution in [0.5, 0.6) is 0 Å². The Morgan fingerprint density at radius 3 is 3.05 bits per heavy atom. The molecule has 7 heteroatoms. The Balaban J connectivity index is 1.76. The number of nitrogens with one attached hydrogen (secondary N) is 2. The van der Waals surface area contributed by atoms with Crippen molar-refractivity contribution >= 4 is 9.84 Å². The third-order valence-electron chi connectivity index (χ3n) is 3.70. The predicted octanol–water partition coefficient (Wildman–Crippen LogP) is 1.60. The minimum absolute atomic E-state index is 0.0906. The number of imidazole rings is 1. The maximum absolute atomic E-state index is 13.4. The summed E-state index contributed by atoms with van der Waals surface area (Å²) in [5, 5.41) is 3.30. The normalized spacial score (nSPS) is 20.1. The van der Waals surface area contributed by atoms with E-state index in [-0.39, 0.29) is 16.7 Å². The van der Waals surface area contributed by atoms with E-state index in [1.807, 2.05) is 0 Å². The molecule has 2 heterocycles. The Morgan fingerprint density at radius 1 is 1.43 bits per heavy atom. The van der Waals surface area contributed by atoms with Crippen LogP contribution in [0, 0.1) is 5.82 Å². The first-order valence-corrected chi connectivity index (χ1v) is 8.44.